The summed E-state index contributed by atoms with van der Waals surface area (Å²) in [5.41, 5.74) is -0.773. The molecule has 3 rings (SSSR count). The van der Waals surface area contributed by atoms with Crippen LogP contribution >= 0.6 is 0 Å². The third-order valence-electron chi connectivity index (χ3n) is 4.19. The van der Waals surface area contributed by atoms with Crippen LogP contribution < -0.4 is 10.7 Å². The average Bonchev–Trinajstić information content (AvgIpc) is 2.63. The highest BCUT2D eigenvalue weighted by atomic mass is 19.4. The molecule has 0 bridgehead atoms. The van der Waals surface area contributed by atoms with Crippen molar-refractivity contribution >= 4 is 16.8 Å². The summed E-state index contributed by atoms with van der Waals surface area (Å²) in [6.45, 7) is 3.15. The van der Waals surface area contributed by atoms with E-state index in [1.54, 1.807) is 26.0 Å². The number of benzene rings is 1. The van der Waals surface area contributed by atoms with Gasteiger partial charge in [0.05, 0.1) is 11.7 Å². The van der Waals surface area contributed by atoms with Gasteiger partial charge in [0.2, 0.25) is 0 Å². The second-order valence-corrected chi connectivity index (χ2v) is 6.49. The van der Waals surface area contributed by atoms with Crippen molar-refractivity contribution in [1.29, 1.82) is 0 Å². The number of nitrogens with zero attached hydrogens (tertiary/aromatic N) is 3. The molecule has 0 aliphatic heterocycles. The minimum Gasteiger partial charge on any atom is -0.346 e. The lowest BCUT2D eigenvalue weighted by atomic mass is 10.1. The van der Waals surface area contributed by atoms with Gasteiger partial charge in [-0.1, -0.05) is 11.6 Å². The first-order valence-electron chi connectivity index (χ1n) is 8.45. The number of carbonyl (C=O) groups is 1. The van der Waals surface area contributed by atoms with Crippen molar-refractivity contribution < 1.29 is 18.0 Å². The van der Waals surface area contributed by atoms with Crippen LogP contribution in [-0.2, 0) is 12.7 Å². The average molecular weight is 390 g/mol. The van der Waals surface area contributed by atoms with Crippen molar-refractivity contribution in [3.63, 3.8) is 0 Å². The highest BCUT2D eigenvalue weighted by molar-refractivity contribution is 5.92. The molecule has 0 radical (unpaired) electrons. The monoisotopic (exact) mass is 390 g/mol. The number of hydrogen-bond acceptors (Lipinski definition) is 4. The van der Waals surface area contributed by atoms with Crippen LogP contribution in [0.1, 0.15) is 28.7 Å². The van der Waals surface area contributed by atoms with Crippen molar-refractivity contribution in [2.45, 2.75) is 32.6 Å². The molecule has 0 unspecified atom stereocenters. The fourth-order valence-electron chi connectivity index (χ4n) is 2.96. The van der Waals surface area contributed by atoms with Gasteiger partial charge in [0, 0.05) is 36.4 Å². The fourth-order valence-corrected chi connectivity index (χ4v) is 2.96. The molecule has 0 aliphatic carbocycles. The van der Waals surface area contributed by atoms with E-state index in [1.165, 1.54) is 24.7 Å². The quantitative estimate of drug-likeness (QED) is 0.743. The van der Waals surface area contributed by atoms with Gasteiger partial charge in [0.25, 0.3) is 5.91 Å². The Morgan fingerprint density at radius 1 is 1.25 bits per heavy atom. The lowest BCUT2D eigenvalue weighted by Gasteiger charge is -2.22. The number of aromatic nitrogens is 3. The first-order valence-corrected chi connectivity index (χ1v) is 8.45. The summed E-state index contributed by atoms with van der Waals surface area (Å²) in [7, 11) is 0. The summed E-state index contributed by atoms with van der Waals surface area (Å²) in [5.74, 6) is -0.546. The maximum atomic E-state index is 13.5. The number of aryl methyl sites for hydroxylation is 1. The molecule has 28 heavy (non-hydrogen) atoms. The van der Waals surface area contributed by atoms with Crippen LogP contribution in [0.15, 0.2) is 47.7 Å². The summed E-state index contributed by atoms with van der Waals surface area (Å²) in [5, 5.41) is 2.80. The summed E-state index contributed by atoms with van der Waals surface area (Å²) in [4.78, 5) is 32.0. The first-order chi connectivity index (χ1) is 13.2. The minimum atomic E-state index is -4.72. The van der Waals surface area contributed by atoms with E-state index in [0.29, 0.717) is 6.07 Å². The van der Waals surface area contributed by atoms with Crippen molar-refractivity contribution in [2.75, 3.05) is 0 Å². The SMILES string of the molecule is Cc1ccc2c(c1)c(=O)cc(C(F)(F)F)n2C[C@@H](C)NC(=O)c1cnccn1. The van der Waals surface area contributed by atoms with Crippen LogP contribution in [0.5, 0.6) is 0 Å². The molecule has 2 aromatic heterocycles. The molecule has 0 saturated carbocycles. The van der Waals surface area contributed by atoms with Gasteiger partial charge < -0.3 is 9.88 Å². The number of pyridine rings is 1. The first kappa shape index (κ1) is 19.5. The van der Waals surface area contributed by atoms with E-state index in [0.717, 1.165) is 10.1 Å². The van der Waals surface area contributed by atoms with Gasteiger partial charge in [0.1, 0.15) is 11.4 Å². The second kappa shape index (κ2) is 7.41. The normalized spacial score (nSPS) is 12.8. The zero-order chi connectivity index (χ0) is 20.5. The number of amides is 1. The third-order valence-corrected chi connectivity index (χ3v) is 4.19. The number of rotatable bonds is 4. The van der Waals surface area contributed by atoms with Crippen LogP contribution in [0.25, 0.3) is 10.9 Å². The van der Waals surface area contributed by atoms with Gasteiger partial charge in [-0.25, -0.2) is 4.98 Å². The number of carbonyl (C=O) groups excluding carboxylic acids is 1. The molecule has 0 aliphatic rings. The molecule has 1 N–H and O–H groups in total. The van der Waals surface area contributed by atoms with Crippen molar-refractivity contribution in [3.8, 4) is 0 Å². The Morgan fingerprint density at radius 3 is 2.64 bits per heavy atom. The topological polar surface area (TPSA) is 76.9 Å². The molecule has 3 aromatic rings. The Hall–Kier alpha value is -3.23. The number of fused-ring (bicyclic) bond motifs is 1. The number of hydrogen-bond donors (Lipinski definition) is 1. The Balaban J connectivity index is 2.00. The smallest absolute Gasteiger partial charge is 0.346 e. The zero-order valence-electron chi connectivity index (χ0n) is 15.1. The van der Waals surface area contributed by atoms with Gasteiger partial charge in [0.15, 0.2) is 5.43 Å². The maximum Gasteiger partial charge on any atom is 0.431 e. The molecule has 2 heterocycles. The van der Waals surface area contributed by atoms with Crippen LogP contribution in [-0.4, -0.2) is 26.5 Å². The van der Waals surface area contributed by atoms with Crippen LogP contribution in [0, 0.1) is 6.92 Å². The molecule has 0 saturated heterocycles. The van der Waals surface area contributed by atoms with Crippen LogP contribution in [0.4, 0.5) is 13.2 Å². The molecule has 0 fully saturated rings. The maximum absolute atomic E-state index is 13.5. The predicted octanol–water partition coefficient (Wildman–Crippen LogP) is 2.94. The molecular weight excluding hydrogens is 373 g/mol. The fraction of sp³-hybridized carbons (Fsp3) is 0.263. The standard InChI is InChI=1S/C19H17F3N4O2/c1-11-3-4-15-13(7-11)16(27)8-17(19(20,21)22)26(15)10-12(2)25-18(28)14-9-23-5-6-24-14/h3-9,12H,10H2,1-2H3,(H,25,28)/t12-/m1/s1. The Morgan fingerprint density at radius 2 is 2.00 bits per heavy atom. The molecular formula is C19H17F3N4O2. The molecule has 9 heteroatoms. The highest BCUT2D eigenvalue weighted by Crippen LogP contribution is 2.30. The van der Waals surface area contributed by atoms with E-state index in [2.05, 4.69) is 15.3 Å². The van der Waals surface area contributed by atoms with Gasteiger partial charge in [-0.3, -0.25) is 14.6 Å². The Bertz CT molecular complexity index is 1080. The summed E-state index contributed by atoms with van der Waals surface area (Å²) >= 11 is 0. The highest BCUT2D eigenvalue weighted by Gasteiger charge is 2.35. The van der Waals surface area contributed by atoms with E-state index in [4.69, 9.17) is 0 Å². The van der Waals surface area contributed by atoms with Gasteiger partial charge in [-0.2, -0.15) is 13.2 Å². The molecule has 0 spiro atoms. The van der Waals surface area contributed by atoms with Gasteiger partial charge in [-0.15, -0.1) is 0 Å². The number of nitrogens with one attached hydrogen (secondary N) is 1. The molecule has 1 aromatic carbocycles. The van der Waals surface area contributed by atoms with Gasteiger partial charge >= 0.3 is 6.18 Å². The number of halogens is 3. The van der Waals surface area contributed by atoms with E-state index in [1.807, 2.05) is 0 Å². The molecule has 1 amide bonds. The van der Waals surface area contributed by atoms with E-state index < -0.39 is 29.2 Å². The van der Waals surface area contributed by atoms with Crippen molar-refractivity contribution in [2.24, 2.45) is 0 Å². The lowest BCUT2D eigenvalue weighted by Crippen LogP contribution is -2.37. The zero-order valence-corrected chi connectivity index (χ0v) is 15.1. The van der Waals surface area contributed by atoms with Crippen molar-refractivity contribution in [1.82, 2.24) is 19.9 Å². The van der Waals surface area contributed by atoms with Crippen LogP contribution in [0.2, 0.25) is 0 Å². The van der Waals surface area contributed by atoms with Gasteiger partial charge in [-0.05, 0) is 26.0 Å². The summed E-state index contributed by atoms with van der Waals surface area (Å²) < 4.78 is 41.7. The summed E-state index contributed by atoms with van der Waals surface area (Å²) in [6.07, 6.45) is -0.698. The molecule has 146 valence electrons. The van der Waals surface area contributed by atoms with E-state index >= 15 is 0 Å². The van der Waals surface area contributed by atoms with E-state index in [-0.39, 0.29) is 23.1 Å². The largest absolute Gasteiger partial charge is 0.431 e. The van der Waals surface area contributed by atoms with E-state index in [9.17, 15) is 22.8 Å². The van der Waals surface area contributed by atoms with Crippen LogP contribution in [0.3, 0.4) is 0 Å². The van der Waals surface area contributed by atoms with Crippen molar-refractivity contribution in [3.05, 3.63) is 70.0 Å². The summed E-state index contributed by atoms with van der Waals surface area (Å²) in [6, 6.07) is 4.61. The third kappa shape index (κ3) is 4.03. The second-order valence-electron chi connectivity index (χ2n) is 6.49. The predicted molar refractivity (Wildman–Crippen MR) is 96.9 cm³/mol. The molecule has 6 nitrogen and oxygen atoms in total. The Labute approximate surface area is 158 Å². The minimum absolute atomic E-state index is 0.0609. The lowest BCUT2D eigenvalue weighted by molar-refractivity contribution is -0.143. The molecule has 1 atom stereocenters. The number of alkyl halides is 3. The Kier molecular flexibility index (Phi) is 5.17.